The standard InChI is InChI=1S/C15H16FN5O/c1-4-15(3,5-2)17-13(22)10-21-19-14(18-20-21)11-8-6-7-9-12(11)16/h1,6-9H,5,10H2,2-3H3,(H,17,22)/t15-/m1/s1. The van der Waals surface area contributed by atoms with E-state index in [1.54, 1.807) is 25.1 Å². The molecule has 2 aromatic rings. The van der Waals surface area contributed by atoms with Gasteiger partial charge in [-0.1, -0.05) is 25.0 Å². The lowest BCUT2D eigenvalue weighted by molar-refractivity contribution is -0.123. The maximum absolute atomic E-state index is 13.6. The van der Waals surface area contributed by atoms with Crippen molar-refractivity contribution in [3.05, 3.63) is 30.1 Å². The first kappa shape index (κ1) is 15.6. The monoisotopic (exact) mass is 301 g/mol. The summed E-state index contributed by atoms with van der Waals surface area (Å²) in [6.07, 6.45) is 6.00. The van der Waals surface area contributed by atoms with Crippen molar-refractivity contribution in [2.45, 2.75) is 32.4 Å². The molecule has 0 aliphatic rings. The van der Waals surface area contributed by atoms with E-state index >= 15 is 0 Å². The first-order valence-corrected chi connectivity index (χ1v) is 6.79. The summed E-state index contributed by atoms with van der Waals surface area (Å²) >= 11 is 0. The van der Waals surface area contributed by atoms with Crippen LogP contribution in [0.3, 0.4) is 0 Å². The smallest absolute Gasteiger partial charge is 0.244 e. The third-order valence-corrected chi connectivity index (χ3v) is 3.29. The normalized spacial score (nSPS) is 13.2. The van der Waals surface area contributed by atoms with Crippen molar-refractivity contribution in [2.75, 3.05) is 0 Å². The fraction of sp³-hybridized carbons (Fsp3) is 0.333. The van der Waals surface area contributed by atoms with Gasteiger partial charge in [0.1, 0.15) is 12.4 Å². The lowest BCUT2D eigenvalue weighted by Gasteiger charge is -2.22. The van der Waals surface area contributed by atoms with Crippen LogP contribution in [0.25, 0.3) is 11.4 Å². The van der Waals surface area contributed by atoms with Crippen molar-refractivity contribution in [3.63, 3.8) is 0 Å². The van der Waals surface area contributed by atoms with Gasteiger partial charge in [-0.15, -0.1) is 16.6 Å². The summed E-state index contributed by atoms with van der Waals surface area (Å²) in [5, 5.41) is 14.2. The quantitative estimate of drug-likeness (QED) is 0.847. The van der Waals surface area contributed by atoms with Crippen molar-refractivity contribution < 1.29 is 9.18 Å². The van der Waals surface area contributed by atoms with Gasteiger partial charge in [0, 0.05) is 0 Å². The fourth-order valence-corrected chi connectivity index (χ4v) is 1.76. The Morgan fingerprint density at radius 2 is 2.23 bits per heavy atom. The Morgan fingerprint density at radius 3 is 2.86 bits per heavy atom. The Kier molecular flexibility index (Phi) is 4.51. The van der Waals surface area contributed by atoms with Crippen LogP contribution in [0, 0.1) is 18.2 Å². The highest BCUT2D eigenvalue weighted by atomic mass is 19.1. The van der Waals surface area contributed by atoms with E-state index in [1.807, 2.05) is 6.92 Å². The van der Waals surface area contributed by atoms with Crippen LogP contribution in [-0.4, -0.2) is 31.7 Å². The molecule has 1 atom stereocenters. The van der Waals surface area contributed by atoms with Crippen molar-refractivity contribution in [3.8, 4) is 23.7 Å². The maximum atomic E-state index is 13.6. The first-order chi connectivity index (χ1) is 10.5. The number of amides is 1. The molecule has 1 amide bonds. The van der Waals surface area contributed by atoms with Crippen LogP contribution in [0.5, 0.6) is 0 Å². The first-order valence-electron chi connectivity index (χ1n) is 6.79. The number of tetrazole rings is 1. The van der Waals surface area contributed by atoms with Gasteiger partial charge in [0.15, 0.2) is 0 Å². The van der Waals surface area contributed by atoms with E-state index < -0.39 is 11.4 Å². The van der Waals surface area contributed by atoms with Gasteiger partial charge < -0.3 is 5.32 Å². The van der Waals surface area contributed by atoms with E-state index in [0.717, 1.165) is 4.80 Å². The zero-order valence-electron chi connectivity index (χ0n) is 12.4. The minimum Gasteiger partial charge on any atom is -0.338 e. The van der Waals surface area contributed by atoms with Crippen LogP contribution in [0.4, 0.5) is 4.39 Å². The zero-order chi connectivity index (χ0) is 16.2. The van der Waals surface area contributed by atoms with E-state index in [4.69, 9.17) is 6.42 Å². The topological polar surface area (TPSA) is 72.7 Å². The molecule has 0 fully saturated rings. The summed E-state index contributed by atoms with van der Waals surface area (Å²) in [4.78, 5) is 13.1. The molecule has 6 nitrogen and oxygen atoms in total. The molecule has 0 unspecified atom stereocenters. The maximum Gasteiger partial charge on any atom is 0.244 e. The van der Waals surface area contributed by atoms with Crippen molar-refractivity contribution >= 4 is 5.91 Å². The third-order valence-electron chi connectivity index (χ3n) is 3.29. The second-order valence-electron chi connectivity index (χ2n) is 5.00. The molecule has 1 aromatic carbocycles. The average molecular weight is 301 g/mol. The lowest BCUT2D eigenvalue weighted by atomic mass is 10.0. The van der Waals surface area contributed by atoms with Crippen LogP contribution in [0.1, 0.15) is 20.3 Å². The number of carbonyl (C=O) groups excluding carboxylic acids is 1. The van der Waals surface area contributed by atoms with E-state index in [0.29, 0.717) is 6.42 Å². The summed E-state index contributed by atoms with van der Waals surface area (Å²) in [5.74, 6) is 1.88. The molecule has 0 spiro atoms. The van der Waals surface area contributed by atoms with Gasteiger partial charge in [0.05, 0.1) is 11.1 Å². The molecule has 0 aliphatic heterocycles. The van der Waals surface area contributed by atoms with Gasteiger partial charge in [-0.3, -0.25) is 4.79 Å². The highest BCUT2D eigenvalue weighted by Crippen LogP contribution is 2.17. The molecule has 7 heteroatoms. The molecule has 0 saturated carbocycles. The van der Waals surface area contributed by atoms with E-state index in [2.05, 4.69) is 26.6 Å². The summed E-state index contributed by atoms with van der Waals surface area (Å²) in [5.41, 5.74) is -0.484. The fourth-order valence-electron chi connectivity index (χ4n) is 1.76. The minimum atomic E-state index is -0.716. The lowest BCUT2D eigenvalue weighted by Crippen LogP contribution is -2.45. The van der Waals surface area contributed by atoms with Gasteiger partial charge in [0.2, 0.25) is 11.7 Å². The Hall–Kier alpha value is -2.75. The number of hydrogen-bond donors (Lipinski definition) is 1. The van der Waals surface area contributed by atoms with Gasteiger partial charge in [-0.05, 0) is 30.7 Å². The number of carbonyl (C=O) groups is 1. The molecule has 1 aromatic heterocycles. The van der Waals surface area contributed by atoms with Crippen LogP contribution in [-0.2, 0) is 11.3 Å². The van der Waals surface area contributed by atoms with Gasteiger partial charge in [0.25, 0.3) is 0 Å². The molecule has 1 heterocycles. The summed E-state index contributed by atoms with van der Waals surface area (Å²) in [6.45, 7) is 3.49. The Labute approximate surface area is 127 Å². The molecule has 114 valence electrons. The van der Waals surface area contributed by atoms with Gasteiger partial charge >= 0.3 is 0 Å². The Balaban J connectivity index is 2.09. The summed E-state index contributed by atoms with van der Waals surface area (Å²) in [7, 11) is 0. The van der Waals surface area contributed by atoms with Gasteiger partial charge in [-0.2, -0.15) is 4.80 Å². The molecule has 0 radical (unpaired) electrons. The summed E-state index contributed by atoms with van der Waals surface area (Å²) < 4.78 is 13.6. The third kappa shape index (κ3) is 3.47. The number of nitrogens with one attached hydrogen (secondary N) is 1. The second-order valence-corrected chi connectivity index (χ2v) is 5.00. The number of benzene rings is 1. The number of rotatable bonds is 5. The zero-order valence-corrected chi connectivity index (χ0v) is 12.4. The molecular formula is C15H16FN5O. The molecule has 1 N–H and O–H groups in total. The number of terminal acetylenes is 1. The van der Waals surface area contributed by atoms with Crippen LogP contribution < -0.4 is 5.32 Å². The van der Waals surface area contributed by atoms with E-state index in [9.17, 15) is 9.18 Å². The predicted octanol–water partition coefficient (Wildman–Crippen LogP) is 1.40. The molecule has 2 rings (SSSR count). The largest absolute Gasteiger partial charge is 0.338 e. The number of aromatic nitrogens is 4. The SMILES string of the molecule is C#C[C@](C)(CC)NC(=O)Cn1nnc(-c2ccccc2F)n1. The second kappa shape index (κ2) is 6.35. The molecule has 0 aliphatic carbocycles. The summed E-state index contributed by atoms with van der Waals surface area (Å²) in [6, 6.07) is 6.10. The highest BCUT2D eigenvalue weighted by Gasteiger charge is 2.22. The number of halogens is 1. The van der Waals surface area contributed by atoms with E-state index in [-0.39, 0.29) is 23.8 Å². The minimum absolute atomic E-state index is 0.126. The van der Waals surface area contributed by atoms with Crippen molar-refractivity contribution in [1.29, 1.82) is 0 Å². The number of hydrogen-bond acceptors (Lipinski definition) is 4. The Bertz CT molecular complexity index is 721. The van der Waals surface area contributed by atoms with Crippen molar-refractivity contribution in [2.24, 2.45) is 0 Å². The molecule has 22 heavy (non-hydrogen) atoms. The van der Waals surface area contributed by atoms with Gasteiger partial charge in [-0.25, -0.2) is 4.39 Å². The van der Waals surface area contributed by atoms with E-state index in [1.165, 1.54) is 6.07 Å². The molecule has 0 saturated heterocycles. The molecular weight excluding hydrogens is 285 g/mol. The van der Waals surface area contributed by atoms with Crippen LogP contribution in [0.15, 0.2) is 24.3 Å². The average Bonchev–Trinajstić information content (AvgIpc) is 2.95. The number of nitrogens with zero attached hydrogens (tertiary/aromatic N) is 4. The van der Waals surface area contributed by atoms with Crippen LogP contribution in [0.2, 0.25) is 0 Å². The predicted molar refractivity (Wildman–Crippen MR) is 78.9 cm³/mol. The van der Waals surface area contributed by atoms with Crippen LogP contribution >= 0.6 is 0 Å². The molecule has 0 bridgehead atoms. The highest BCUT2D eigenvalue weighted by molar-refractivity contribution is 5.77. The van der Waals surface area contributed by atoms with Crippen molar-refractivity contribution in [1.82, 2.24) is 25.5 Å². The Morgan fingerprint density at radius 1 is 1.50 bits per heavy atom.